The van der Waals surface area contributed by atoms with Crippen LogP contribution in [0.3, 0.4) is 0 Å². The first-order valence-electron chi connectivity index (χ1n) is 12.3. The Balaban J connectivity index is 1.36. The maximum absolute atomic E-state index is 13.5. The highest BCUT2D eigenvalue weighted by atomic mass is 19.1. The molecule has 2 saturated heterocycles. The van der Waals surface area contributed by atoms with Crippen molar-refractivity contribution in [1.82, 2.24) is 15.5 Å². The van der Waals surface area contributed by atoms with Gasteiger partial charge < -0.3 is 20.9 Å². The van der Waals surface area contributed by atoms with Crippen LogP contribution in [-0.4, -0.2) is 54.8 Å². The van der Waals surface area contributed by atoms with E-state index >= 15 is 0 Å². The molecule has 7 nitrogen and oxygen atoms in total. The standard InChI is InChI=1S/C27H33FN4O3/c1-18(33)21-5-2-6-23(15-21)30-27(35)31-25-11-12-29-16-24(25)26(34)32-13-3-4-20(17-32)14-19-7-9-22(28)10-8-19/h2,5-10,15,20,24-25,29H,3-4,11-14,16-17H2,1H3,(H2,30,31,35). The highest BCUT2D eigenvalue weighted by Gasteiger charge is 2.36. The minimum Gasteiger partial charge on any atom is -0.342 e. The minimum atomic E-state index is -0.386. The fourth-order valence-corrected chi connectivity index (χ4v) is 5.06. The van der Waals surface area contributed by atoms with Crippen LogP contribution < -0.4 is 16.0 Å². The van der Waals surface area contributed by atoms with Crippen LogP contribution in [0.1, 0.15) is 42.1 Å². The van der Waals surface area contributed by atoms with E-state index in [0.29, 0.717) is 43.2 Å². The van der Waals surface area contributed by atoms with Crippen LogP contribution in [0.15, 0.2) is 48.5 Å². The molecule has 2 aliphatic heterocycles. The van der Waals surface area contributed by atoms with Crippen molar-refractivity contribution in [2.24, 2.45) is 11.8 Å². The molecule has 3 amide bonds. The van der Waals surface area contributed by atoms with E-state index < -0.39 is 0 Å². The lowest BCUT2D eigenvalue weighted by molar-refractivity contribution is -0.138. The van der Waals surface area contributed by atoms with Crippen LogP contribution in [-0.2, 0) is 11.2 Å². The molecule has 35 heavy (non-hydrogen) atoms. The number of amides is 3. The van der Waals surface area contributed by atoms with E-state index in [1.807, 2.05) is 17.0 Å². The molecule has 0 aliphatic carbocycles. The second-order valence-corrected chi connectivity index (χ2v) is 9.56. The summed E-state index contributed by atoms with van der Waals surface area (Å²) in [7, 11) is 0. The van der Waals surface area contributed by atoms with Crippen molar-refractivity contribution in [2.75, 3.05) is 31.5 Å². The number of hydrogen-bond acceptors (Lipinski definition) is 4. The number of carbonyl (C=O) groups excluding carboxylic acids is 3. The zero-order valence-electron chi connectivity index (χ0n) is 20.1. The van der Waals surface area contributed by atoms with Crippen LogP contribution in [0.4, 0.5) is 14.9 Å². The van der Waals surface area contributed by atoms with Gasteiger partial charge in [-0.3, -0.25) is 9.59 Å². The number of urea groups is 1. The number of likely N-dealkylation sites (tertiary alicyclic amines) is 1. The normalized spacial score (nSPS) is 22.3. The van der Waals surface area contributed by atoms with E-state index in [9.17, 15) is 18.8 Å². The Bertz CT molecular complexity index is 1060. The van der Waals surface area contributed by atoms with E-state index in [1.54, 1.807) is 24.3 Å². The molecular formula is C27H33FN4O3. The van der Waals surface area contributed by atoms with Crippen molar-refractivity contribution in [1.29, 1.82) is 0 Å². The van der Waals surface area contributed by atoms with Gasteiger partial charge in [0.15, 0.2) is 5.78 Å². The molecule has 0 bridgehead atoms. The number of benzene rings is 2. The lowest BCUT2D eigenvalue weighted by Gasteiger charge is -2.39. The smallest absolute Gasteiger partial charge is 0.319 e. The van der Waals surface area contributed by atoms with Crippen LogP contribution in [0.5, 0.6) is 0 Å². The zero-order valence-corrected chi connectivity index (χ0v) is 20.1. The number of carbonyl (C=O) groups is 3. The number of nitrogens with one attached hydrogen (secondary N) is 3. The first-order chi connectivity index (χ1) is 16.9. The Morgan fingerprint density at radius 1 is 1.11 bits per heavy atom. The Hall–Kier alpha value is -3.26. The van der Waals surface area contributed by atoms with Crippen LogP contribution >= 0.6 is 0 Å². The van der Waals surface area contributed by atoms with Gasteiger partial charge in [-0.1, -0.05) is 24.3 Å². The second-order valence-electron chi connectivity index (χ2n) is 9.56. The third-order valence-corrected chi connectivity index (χ3v) is 6.91. The van der Waals surface area contributed by atoms with Gasteiger partial charge >= 0.3 is 6.03 Å². The first-order valence-corrected chi connectivity index (χ1v) is 12.3. The van der Waals surface area contributed by atoms with E-state index in [2.05, 4.69) is 16.0 Å². The van der Waals surface area contributed by atoms with E-state index in [4.69, 9.17) is 0 Å². The molecule has 2 heterocycles. The van der Waals surface area contributed by atoms with Crippen molar-refractivity contribution in [3.8, 4) is 0 Å². The van der Waals surface area contributed by atoms with Crippen LogP contribution in [0, 0.1) is 17.7 Å². The summed E-state index contributed by atoms with van der Waals surface area (Å²) in [6, 6.07) is 12.7. The Kier molecular flexibility index (Phi) is 8.13. The fourth-order valence-electron chi connectivity index (χ4n) is 5.06. The molecule has 3 unspecified atom stereocenters. The fraction of sp³-hybridized carbons (Fsp3) is 0.444. The first kappa shape index (κ1) is 24.9. The summed E-state index contributed by atoms with van der Waals surface area (Å²) in [6.07, 6.45) is 3.44. The molecule has 4 rings (SSSR count). The predicted molar refractivity (Wildman–Crippen MR) is 133 cm³/mol. The monoisotopic (exact) mass is 480 g/mol. The number of anilines is 1. The summed E-state index contributed by atoms with van der Waals surface area (Å²) in [4.78, 5) is 39.7. The zero-order chi connectivity index (χ0) is 24.8. The van der Waals surface area contributed by atoms with Crippen molar-refractivity contribution in [3.05, 3.63) is 65.5 Å². The van der Waals surface area contributed by atoms with Gasteiger partial charge in [-0.15, -0.1) is 0 Å². The third kappa shape index (κ3) is 6.66. The summed E-state index contributed by atoms with van der Waals surface area (Å²) in [6.45, 7) is 4.11. The number of Topliss-reactive ketones (excluding diaryl/α,β-unsaturated/α-hetero) is 1. The molecule has 0 aromatic heterocycles. The topological polar surface area (TPSA) is 90.5 Å². The molecule has 2 aliphatic rings. The van der Waals surface area contributed by atoms with Gasteiger partial charge in [0, 0.05) is 36.9 Å². The van der Waals surface area contributed by atoms with Gasteiger partial charge in [0.05, 0.1) is 5.92 Å². The van der Waals surface area contributed by atoms with Crippen molar-refractivity contribution < 1.29 is 18.8 Å². The van der Waals surface area contributed by atoms with Crippen molar-refractivity contribution in [3.63, 3.8) is 0 Å². The highest BCUT2D eigenvalue weighted by molar-refractivity contribution is 5.96. The molecule has 0 saturated carbocycles. The van der Waals surface area contributed by atoms with Crippen molar-refractivity contribution in [2.45, 2.75) is 38.6 Å². The van der Waals surface area contributed by atoms with E-state index in [1.165, 1.54) is 19.1 Å². The number of nitrogens with zero attached hydrogens (tertiary/aromatic N) is 1. The van der Waals surface area contributed by atoms with E-state index in [0.717, 1.165) is 31.4 Å². The Labute approximate surface area is 205 Å². The van der Waals surface area contributed by atoms with Gasteiger partial charge in [0.1, 0.15) is 5.82 Å². The second kappa shape index (κ2) is 11.4. The molecule has 2 fully saturated rings. The Morgan fingerprint density at radius 3 is 2.69 bits per heavy atom. The van der Waals surface area contributed by atoms with Gasteiger partial charge in [-0.05, 0) is 74.9 Å². The number of ketones is 1. The predicted octanol–water partition coefficient (Wildman–Crippen LogP) is 3.61. The third-order valence-electron chi connectivity index (χ3n) is 6.91. The number of hydrogen-bond donors (Lipinski definition) is 3. The van der Waals surface area contributed by atoms with Gasteiger partial charge in [-0.2, -0.15) is 0 Å². The van der Waals surface area contributed by atoms with Crippen molar-refractivity contribution >= 4 is 23.4 Å². The highest BCUT2D eigenvalue weighted by Crippen LogP contribution is 2.24. The van der Waals surface area contributed by atoms with Crippen LogP contribution in [0.2, 0.25) is 0 Å². The molecule has 2 aromatic carbocycles. The maximum atomic E-state index is 13.5. The summed E-state index contributed by atoms with van der Waals surface area (Å²) < 4.78 is 13.2. The maximum Gasteiger partial charge on any atom is 0.319 e. The average Bonchev–Trinajstić information content (AvgIpc) is 2.85. The molecule has 186 valence electrons. The summed E-state index contributed by atoms with van der Waals surface area (Å²) >= 11 is 0. The number of halogens is 1. The molecule has 3 N–H and O–H groups in total. The molecule has 0 spiro atoms. The quantitative estimate of drug-likeness (QED) is 0.551. The SMILES string of the molecule is CC(=O)c1cccc(NC(=O)NC2CCNCC2C(=O)N2CCCC(Cc3ccc(F)cc3)C2)c1. The lowest BCUT2D eigenvalue weighted by Crippen LogP contribution is -2.57. The molecular weight excluding hydrogens is 447 g/mol. The summed E-state index contributed by atoms with van der Waals surface area (Å²) in [5.74, 6) is -0.268. The molecule has 8 heteroatoms. The Morgan fingerprint density at radius 2 is 1.91 bits per heavy atom. The summed E-state index contributed by atoms with van der Waals surface area (Å²) in [5, 5.41) is 9.06. The average molecular weight is 481 g/mol. The minimum absolute atomic E-state index is 0.0601. The molecule has 0 radical (unpaired) electrons. The largest absolute Gasteiger partial charge is 0.342 e. The number of rotatable bonds is 6. The lowest BCUT2D eigenvalue weighted by atomic mass is 9.88. The molecule has 3 atom stereocenters. The van der Waals surface area contributed by atoms with E-state index in [-0.39, 0.29) is 35.5 Å². The van der Waals surface area contributed by atoms with Gasteiger partial charge in [-0.25, -0.2) is 9.18 Å². The molecule has 2 aromatic rings. The van der Waals surface area contributed by atoms with Gasteiger partial charge in [0.2, 0.25) is 5.91 Å². The number of piperidine rings is 2. The summed E-state index contributed by atoms with van der Waals surface area (Å²) in [5.41, 5.74) is 2.14. The van der Waals surface area contributed by atoms with Gasteiger partial charge in [0.25, 0.3) is 0 Å². The van der Waals surface area contributed by atoms with Crippen LogP contribution in [0.25, 0.3) is 0 Å².